The minimum absolute atomic E-state index is 0.295. The Hall–Kier alpha value is -3.02. The number of ether oxygens (including phenoxy) is 1. The van der Waals surface area contributed by atoms with Crippen LogP contribution in [0.5, 0.6) is 5.75 Å². The van der Waals surface area contributed by atoms with Gasteiger partial charge in [0.15, 0.2) is 5.78 Å². The molecule has 0 aromatic heterocycles. The van der Waals surface area contributed by atoms with Crippen molar-refractivity contribution in [1.82, 2.24) is 0 Å². The zero-order chi connectivity index (χ0) is 16.2. The smallest absolute Gasteiger partial charge is 0.391 e. The number of nitrogens with zero attached hydrogens (tertiary/aromatic N) is 1. The molecule has 114 valence electrons. The molecule has 0 N–H and O–H groups in total. The summed E-state index contributed by atoms with van der Waals surface area (Å²) < 4.78 is 5.13. The molecule has 1 aliphatic carbocycles. The fourth-order valence-electron chi connectivity index (χ4n) is 3.49. The molecule has 1 aliphatic heterocycles. The van der Waals surface area contributed by atoms with E-state index < -0.39 is 34.1 Å². The molecule has 0 spiro atoms. The molecule has 0 saturated heterocycles. The third-order valence-corrected chi connectivity index (χ3v) is 4.60. The summed E-state index contributed by atoms with van der Waals surface area (Å²) in [5.41, 5.74) is -1.10. The largest absolute Gasteiger partial charge is 0.421 e. The molecule has 0 unspecified atom stereocenters. The average Bonchev–Trinajstić information content (AvgIpc) is 3.28. The molecule has 1 fully saturated rings. The van der Waals surface area contributed by atoms with Crippen molar-refractivity contribution in [3.8, 4) is 5.75 Å². The van der Waals surface area contributed by atoms with Crippen LogP contribution >= 0.6 is 0 Å². The highest BCUT2D eigenvalue weighted by Crippen LogP contribution is 2.65. The molecule has 2 aliphatic rings. The molecule has 6 heteroatoms. The number of carbonyl (C=O) groups is 2. The van der Waals surface area contributed by atoms with Gasteiger partial charge in [0.25, 0.3) is 0 Å². The molecule has 1 saturated carbocycles. The van der Waals surface area contributed by atoms with Gasteiger partial charge in [-0.05, 0) is 6.07 Å². The van der Waals surface area contributed by atoms with Crippen molar-refractivity contribution in [3.05, 3.63) is 75.8 Å². The second-order valence-electron chi connectivity index (χ2n) is 5.70. The van der Waals surface area contributed by atoms with Gasteiger partial charge in [0.1, 0.15) is 11.7 Å². The fraction of sp³-hybridized carbons (Fsp3) is 0.176. The lowest BCUT2D eigenvalue weighted by molar-refractivity contribution is -0.529. The van der Waals surface area contributed by atoms with Crippen LogP contribution in [0.3, 0.4) is 0 Å². The Bertz CT molecular complexity index is 847. The summed E-state index contributed by atoms with van der Waals surface area (Å²) in [5, 5.41) is 11.6. The summed E-state index contributed by atoms with van der Waals surface area (Å²) >= 11 is 0. The number of rotatable bonds is 3. The normalized spacial score (nSPS) is 27.4. The maximum Gasteiger partial charge on any atom is 0.391 e. The summed E-state index contributed by atoms with van der Waals surface area (Å²) in [7, 11) is 0. The zero-order valence-corrected chi connectivity index (χ0v) is 11.8. The Morgan fingerprint density at radius 2 is 1.74 bits per heavy atom. The summed E-state index contributed by atoms with van der Waals surface area (Å²) in [6, 6.07) is 15.0. The van der Waals surface area contributed by atoms with Crippen molar-refractivity contribution >= 4 is 11.8 Å². The van der Waals surface area contributed by atoms with Crippen LogP contribution in [0, 0.1) is 16.0 Å². The van der Waals surface area contributed by atoms with Gasteiger partial charge in [0, 0.05) is 16.1 Å². The third kappa shape index (κ3) is 1.63. The van der Waals surface area contributed by atoms with Gasteiger partial charge in [-0.3, -0.25) is 14.9 Å². The molecule has 0 bridgehead atoms. The first-order valence-electron chi connectivity index (χ1n) is 7.13. The Kier molecular flexibility index (Phi) is 2.66. The second-order valence-corrected chi connectivity index (χ2v) is 5.70. The predicted molar refractivity (Wildman–Crippen MR) is 78.8 cm³/mol. The molecular formula is C17H11NO5. The topological polar surface area (TPSA) is 86.5 Å². The fourth-order valence-corrected chi connectivity index (χ4v) is 3.49. The predicted octanol–water partition coefficient (Wildman–Crippen LogP) is 2.22. The van der Waals surface area contributed by atoms with Gasteiger partial charge in [-0.1, -0.05) is 48.5 Å². The first-order chi connectivity index (χ1) is 11.1. The number of nitro groups is 1. The number of ketones is 1. The molecule has 2 aromatic carbocycles. The van der Waals surface area contributed by atoms with Crippen molar-refractivity contribution in [1.29, 1.82) is 0 Å². The maximum atomic E-state index is 12.7. The molecule has 1 heterocycles. The highest BCUT2D eigenvalue weighted by Gasteiger charge is 2.86. The number of hydrogen-bond acceptors (Lipinski definition) is 5. The highest BCUT2D eigenvalue weighted by atomic mass is 16.6. The molecule has 0 amide bonds. The van der Waals surface area contributed by atoms with E-state index in [4.69, 9.17) is 4.74 Å². The summed E-state index contributed by atoms with van der Waals surface area (Å²) in [6.07, 6.45) is 0. The Balaban J connectivity index is 1.84. The quantitative estimate of drug-likeness (QED) is 0.285. The highest BCUT2D eigenvalue weighted by molar-refractivity contribution is 6.09. The van der Waals surface area contributed by atoms with E-state index in [1.807, 2.05) is 0 Å². The summed E-state index contributed by atoms with van der Waals surface area (Å²) in [6.45, 7) is 0. The van der Waals surface area contributed by atoms with E-state index in [9.17, 15) is 19.7 Å². The van der Waals surface area contributed by atoms with Crippen molar-refractivity contribution in [2.75, 3.05) is 0 Å². The van der Waals surface area contributed by atoms with E-state index in [-0.39, 0.29) is 0 Å². The van der Waals surface area contributed by atoms with Crippen LogP contribution in [0.4, 0.5) is 0 Å². The lowest BCUT2D eigenvalue weighted by atomic mass is 10.0. The zero-order valence-electron chi connectivity index (χ0n) is 11.8. The van der Waals surface area contributed by atoms with Crippen LogP contribution in [0.2, 0.25) is 0 Å². The van der Waals surface area contributed by atoms with Crippen molar-refractivity contribution < 1.29 is 19.2 Å². The van der Waals surface area contributed by atoms with Crippen LogP contribution < -0.4 is 4.74 Å². The molecule has 2 aromatic rings. The number of para-hydroxylation sites is 1. The summed E-state index contributed by atoms with van der Waals surface area (Å²) in [5.74, 6) is -2.87. The molecule has 0 radical (unpaired) electrons. The number of benzene rings is 2. The third-order valence-electron chi connectivity index (χ3n) is 4.60. The van der Waals surface area contributed by atoms with Gasteiger partial charge in [0.05, 0.1) is 5.92 Å². The lowest BCUT2D eigenvalue weighted by Gasteiger charge is -2.16. The maximum absolute atomic E-state index is 12.7. The number of carbonyl (C=O) groups excluding carboxylic acids is 2. The van der Waals surface area contributed by atoms with E-state index in [0.717, 1.165) is 0 Å². The van der Waals surface area contributed by atoms with Crippen molar-refractivity contribution in [2.24, 2.45) is 5.92 Å². The minimum atomic E-state index is -2.00. The Morgan fingerprint density at radius 3 is 2.43 bits per heavy atom. The standard InChI is InChI=1S/C17H11NO5/c19-15(10-6-2-1-3-7-10)14-13-11-8-4-5-9-12(11)23-16(20)17(13,14)18(21)22/h1-9,13-14H/t13-,14-,17+/m0/s1. The summed E-state index contributed by atoms with van der Waals surface area (Å²) in [4.78, 5) is 36.0. The van der Waals surface area contributed by atoms with Crippen LogP contribution in [0.1, 0.15) is 21.8 Å². The number of Topliss-reactive ketones (excluding diaryl/α,β-unsaturated/α-hetero) is 1. The van der Waals surface area contributed by atoms with Gasteiger partial charge >= 0.3 is 11.5 Å². The average molecular weight is 309 g/mol. The van der Waals surface area contributed by atoms with Crippen molar-refractivity contribution in [2.45, 2.75) is 11.5 Å². The minimum Gasteiger partial charge on any atom is -0.421 e. The van der Waals surface area contributed by atoms with Crippen LogP contribution in [0.15, 0.2) is 54.6 Å². The molecular weight excluding hydrogens is 298 g/mol. The number of hydrogen-bond donors (Lipinski definition) is 0. The Labute approximate surface area is 130 Å². The van der Waals surface area contributed by atoms with Gasteiger partial charge in [0.2, 0.25) is 0 Å². The van der Waals surface area contributed by atoms with E-state index in [2.05, 4.69) is 0 Å². The molecule has 23 heavy (non-hydrogen) atoms. The van der Waals surface area contributed by atoms with Gasteiger partial charge in [-0.15, -0.1) is 0 Å². The van der Waals surface area contributed by atoms with E-state index >= 15 is 0 Å². The number of fused-ring (bicyclic) bond motifs is 3. The SMILES string of the molecule is O=C(c1ccccc1)[C@@H]1[C@@H]2c3ccccc3OC(=O)[C@]12[N+](=O)[O-]. The Morgan fingerprint density at radius 1 is 1.09 bits per heavy atom. The van der Waals surface area contributed by atoms with Gasteiger partial charge < -0.3 is 4.74 Å². The monoisotopic (exact) mass is 309 g/mol. The van der Waals surface area contributed by atoms with Crippen molar-refractivity contribution in [3.63, 3.8) is 0 Å². The van der Waals surface area contributed by atoms with Crippen LogP contribution in [-0.2, 0) is 4.79 Å². The van der Waals surface area contributed by atoms with Gasteiger partial charge in [-0.25, -0.2) is 4.79 Å². The van der Waals surface area contributed by atoms with Crippen LogP contribution in [-0.4, -0.2) is 22.2 Å². The molecule has 6 nitrogen and oxygen atoms in total. The first-order valence-corrected chi connectivity index (χ1v) is 7.13. The second kappa shape index (κ2) is 4.49. The van der Waals surface area contributed by atoms with E-state index in [0.29, 0.717) is 16.9 Å². The molecule has 3 atom stereocenters. The lowest BCUT2D eigenvalue weighted by Crippen LogP contribution is -2.42. The van der Waals surface area contributed by atoms with E-state index in [1.165, 1.54) is 0 Å². The van der Waals surface area contributed by atoms with E-state index in [1.54, 1.807) is 54.6 Å². The van der Waals surface area contributed by atoms with Gasteiger partial charge in [-0.2, -0.15) is 0 Å². The molecule has 4 rings (SSSR count). The first kappa shape index (κ1) is 13.6. The van der Waals surface area contributed by atoms with Crippen LogP contribution in [0.25, 0.3) is 0 Å². The number of esters is 1.